The molecule has 3 N–H and O–H groups in total. The minimum absolute atomic E-state index is 0. The van der Waals surface area contributed by atoms with Crippen molar-refractivity contribution in [1.29, 1.82) is 0 Å². The number of hydrogen-bond donors (Lipinski definition) is 2. The number of benzene rings is 1. The number of nitrogens with two attached hydrogens (primary N) is 1. The van der Waals surface area contributed by atoms with Gasteiger partial charge in [0.1, 0.15) is 0 Å². The van der Waals surface area contributed by atoms with E-state index in [2.05, 4.69) is 28.5 Å². The number of carbonyl (C=O) groups is 1. The Hall–Kier alpha value is -1.43. The summed E-state index contributed by atoms with van der Waals surface area (Å²) in [7, 11) is 0. The largest absolute Gasteiger partial charge is 0.322 e. The fourth-order valence-electron chi connectivity index (χ4n) is 2.53. The van der Waals surface area contributed by atoms with Gasteiger partial charge in [-0.2, -0.15) is 0 Å². The predicted octanol–water partition coefficient (Wildman–Crippen LogP) is 3.01. The summed E-state index contributed by atoms with van der Waals surface area (Å²) in [6.45, 7) is -0.0201. The van der Waals surface area contributed by atoms with Crippen molar-refractivity contribution in [2.45, 2.75) is 25.7 Å². The van der Waals surface area contributed by atoms with Crippen LogP contribution in [0.15, 0.2) is 23.6 Å². The van der Waals surface area contributed by atoms with Gasteiger partial charge in [0.15, 0.2) is 5.13 Å². The highest BCUT2D eigenvalue weighted by Crippen LogP contribution is 2.29. The maximum atomic E-state index is 11.2. The number of anilines is 1. The van der Waals surface area contributed by atoms with Crippen molar-refractivity contribution in [3.8, 4) is 11.3 Å². The number of halogens is 1. The van der Waals surface area contributed by atoms with Gasteiger partial charge in [0, 0.05) is 10.9 Å². The Balaban J connectivity index is 0.00000161. The summed E-state index contributed by atoms with van der Waals surface area (Å²) in [5.74, 6) is -0.212. The van der Waals surface area contributed by atoms with Crippen molar-refractivity contribution in [2.75, 3.05) is 11.9 Å². The van der Waals surface area contributed by atoms with Gasteiger partial charge in [-0.1, -0.05) is 12.1 Å². The van der Waals surface area contributed by atoms with E-state index in [0.29, 0.717) is 5.13 Å². The van der Waals surface area contributed by atoms with Crippen LogP contribution in [0.5, 0.6) is 0 Å². The molecule has 1 amide bonds. The molecule has 4 nitrogen and oxygen atoms in total. The Bertz CT molecular complexity index is 642. The second-order valence-corrected chi connectivity index (χ2v) is 5.84. The van der Waals surface area contributed by atoms with Crippen molar-refractivity contribution in [3.05, 3.63) is 34.7 Å². The molecule has 0 radical (unpaired) electrons. The highest BCUT2D eigenvalue weighted by molar-refractivity contribution is 7.14. The number of rotatable bonds is 3. The summed E-state index contributed by atoms with van der Waals surface area (Å²) in [5.41, 5.74) is 10.2. The second kappa shape index (κ2) is 7.02. The van der Waals surface area contributed by atoms with Gasteiger partial charge in [-0.25, -0.2) is 4.98 Å². The molecule has 0 atom stereocenters. The van der Waals surface area contributed by atoms with E-state index in [1.807, 2.05) is 5.38 Å². The summed E-state index contributed by atoms with van der Waals surface area (Å²) in [5, 5.41) is 5.26. The zero-order chi connectivity index (χ0) is 13.9. The van der Waals surface area contributed by atoms with Crippen LogP contribution in [0.1, 0.15) is 24.0 Å². The molecule has 0 spiro atoms. The summed E-state index contributed by atoms with van der Waals surface area (Å²) < 4.78 is 0. The molecule has 1 aliphatic rings. The fraction of sp³-hybridized carbons (Fsp3) is 0.333. The molecule has 1 heterocycles. The lowest BCUT2D eigenvalue weighted by atomic mass is 9.90. The normalized spacial score (nSPS) is 13.2. The number of amides is 1. The molecule has 0 aliphatic heterocycles. The molecule has 3 rings (SSSR count). The van der Waals surface area contributed by atoms with E-state index in [9.17, 15) is 4.79 Å². The number of aromatic nitrogens is 1. The first-order chi connectivity index (χ1) is 9.76. The van der Waals surface area contributed by atoms with Gasteiger partial charge >= 0.3 is 0 Å². The van der Waals surface area contributed by atoms with Gasteiger partial charge in [-0.3, -0.25) is 4.79 Å². The van der Waals surface area contributed by atoms with Gasteiger partial charge in [-0.15, -0.1) is 23.7 Å². The van der Waals surface area contributed by atoms with Gasteiger partial charge in [0.2, 0.25) is 5.91 Å². The number of carbonyl (C=O) groups excluding carboxylic acids is 1. The van der Waals surface area contributed by atoms with Gasteiger partial charge in [0.05, 0.1) is 12.2 Å². The standard InChI is InChI=1S/C15H17N3OS.ClH/c16-8-14(19)18-15-17-13(9-20-15)12-6-5-10-3-1-2-4-11(10)7-12;/h5-7,9H,1-4,8,16H2,(H,17,18,19);1H. The maximum absolute atomic E-state index is 11.2. The molecule has 2 aromatic rings. The molecule has 0 saturated heterocycles. The van der Waals surface area contributed by atoms with Crippen molar-refractivity contribution >= 4 is 34.8 Å². The molecule has 0 unspecified atom stereocenters. The van der Waals surface area contributed by atoms with E-state index in [0.717, 1.165) is 17.7 Å². The Morgan fingerprint density at radius 3 is 2.81 bits per heavy atom. The minimum Gasteiger partial charge on any atom is -0.322 e. The highest BCUT2D eigenvalue weighted by Gasteiger charge is 2.12. The maximum Gasteiger partial charge on any atom is 0.239 e. The van der Waals surface area contributed by atoms with Crippen LogP contribution in [-0.2, 0) is 17.6 Å². The van der Waals surface area contributed by atoms with Crippen LogP contribution in [0.2, 0.25) is 0 Å². The zero-order valence-corrected chi connectivity index (χ0v) is 13.2. The van der Waals surface area contributed by atoms with Crippen molar-refractivity contribution in [2.24, 2.45) is 5.73 Å². The van der Waals surface area contributed by atoms with Crippen molar-refractivity contribution in [3.63, 3.8) is 0 Å². The summed E-state index contributed by atoms with van der Waals surface area (Å²) in [6, 6.07) is 6.56. The average Bonchev–Trinajstić information content (AvgIpc) is 2.95. The number of aryl methyl sites for hydroxylation is 2. The topological polar surface area (TPSA) is 68.0 Å². The van der Waals surface area contributed by atoms with E-state index in [4.69, 9.17) is 5.73 Å². The van der Waals surface area contributed by atoms with Crippen LogP contribution in [0.4, 0.5) is 5.13 Å². The van der Waals surface area contributed by atoms with Gasteiger partial charge in [-0.05, 0) is 42.9 Å². The SMILES string of the molecule is Cl.NCC(=O)Nc1nc(-c2ccc3c(c2)CCCC3)cs1. The predicted molar refractivity (Wildman–Crippen MR) is 89.1 cm³/mol. The summed E-state index contributed by atoms with van der Waals surface area (Å²) in [4.78, 5) is 15.7. The fourth-order valence-corrected chi connectivity index (χ4v) is 3.26. The molecule has 1 aromatic carbocycles. The number of nitrogens with zero attached hydrogens (tertiary/aromatic N) is 1. The van der Waals surface area contributed by atoms with E-state index < -0.39 is 0 Å². The quantitative estimate of drug-likeness (QED) is 0.912. The number of fused-ring (bicyclic) bond motifs is 1. The first kappa shape index (κ1) is 15.9. The van der Waals surface area contributed by atoms with Gasteiger partial charge < -0.3 is 11.1 Å². The molecule has 0 fully saturated rings. The molecule has 21 heavy (non-hydrogen) atoms. The lowest BCUT2D eigenvalue weighted by molar-refractivity contribution is -0.114. The van der Waals surface area contributed by atoms with Crippen LogP contribution in [0, 0.1) is 0 Å². The number of hydrogen-bond acceptors (Lipinski definition) is 4. The average molecular weight is 324 g/mol. The Kier molecular flexibility index (Phi) is 5.33. The van der Waals surface area contributed by atoms with Crippen LogP contribution >= 0.6 is 23.7 Å². The number of thiazole rings is 1. The molecule has 112 valence electrons. The number of nitrogens with one attached hydrogen (secondary N) is 1. The monoisotopic (exact) mass is 323 g/mol. The lowest BCUT2D eigenvalue weighted by Crippen LogP contribution is -2.21. The third-order valence-electron chi connectivity index (χ3n) is 3.58. The van der Waals surface area contributed by atoms with Crippen LogP contribution in [-0.4, -0.2) is 17.4 Å². The van der Waals surface area contributed by atoms with Gasteiger partial charge in [0.25, 0.3) is 0 Å². The Labute approximate surface area is 134 Å². The third kappa shape index (κ3) is 3.61. The first-order valence-corrected chi connectivity index (χ1v) is 7.72. The Morgan fingerprint density at radius 1 is 1.29 bits per heavy atom. The van der Waals surface area contributed by atoms with Crippen LogP contribution in [0.25, 0.3) is 11.3 Å². The highest BCUT2D eigenvalue weighted by atomic mass is 35.5. The third-order valence-corrected chi connectivity index (χ3v) is 4.34. The van der Waals surface area contributed by atoms with Crippen molar-refractivity contribution in [1.82, 2.24) is 4.98 Å². The molecule has 0 bridgehead atoms. The second-order valence-electron chi connectivity index (χ2n) is 4.98. The van der Waals surface area contributed by atoms with E-state index >= 15 is 0 Å². The van der Waals surface area contributed by atoms with Crippen molar-refractivity contribution < 1.29 is 4.79 Å². The minimum atomic E-state index is -0.212. The van der Waals surface area contributed by atoms with Crippen LogP contribution < -0.4 is 11.1 Å². The molecular weight excluding hydrogens is 306 g/mol. The van der Waals surface area contributed by atoms with E-state index in [1.165, 1.54) is 41.7 Å². The lowest BCUT2D eigenvalue weighted by Gasteiger charge is -2.16. The molecule has 1 aliphatic carbocycles. The van der Waals surface area contributed by atoms with Crippen LogP contribution in [0.3, 0.4) is 0 Å². The first-order valence-electron chi connectivity index (χ1n) is 6.84. The zero-order valence-electron chi connectivity index (χ0n) is 11.6. The molecule has 0 saturated carbocycles. The molecule has 1 aromatic heterocycles. The van der Waals surface area contributed by atoms with E-state index in [-0.39, 0.29) is 24.9 Å². The molecule has 6 heteroatoms. The smallest absolute Gasteiger partial charge is 0.239 e. The molecular formula is C15H18ClN3OS. The summed E-state index contributed by atoms with van der Waals surface area (Å²) >= 11 is 1.43. The summed E-state index contributed by atoms with van der Waals surface area (Å²) in [6.07, 6.45) is 4.90. The van der Waals surface area contributed by atoms with E-state index in [1.54, 1.807) is 0 Å². The Morgan fingerprint density at radius 2 is 2.05 bits per heavy atom.